The van der Waals surface area contributed by atoms with E-state index in [-0.39, 0.29) is 24.8 Å². The number of halogens is 1. The SMILES string of the molecule is COc1ccccc1N1CC(C(=O)Nc2ccc(N3CCOCC3)c(F)c2)CC1=O. The molecule has 4 rings (SSSR count). The summed E-state index contributed by atoms with van der Waals surface area (Å²) in [5, 5.41) is 2.74. The van der Waals surface area contributed by atoms with Crippen LogP contribution in [-0.4, -0.2) is 51.8 Å². The Morgan fingerprint density at radius 2 is 1.93 bits per heavy atom. The van der Waals surface area contributed by atoms with Crippen LogP contribution in [0.1, 0.15) is 6.42 Å². The molecular weight excluding hydrogens is 389 g/mol. The third kappa shape index (κ3) is 4.09. The van der Waals surface area contributed by atoms with E-state index < -0.39 is 11.7 Å². The fourth-order valence-corrected chi connectivity index (χ4v) is 3.86. The first-order valence-electron chi connectivity index (χ1n) is 9.93. The maximum Gasteiger partial charge on any atom is 0.229 e. The van der Waals surface area contributed by atoms with Crippen molar-refractivity contribution in [3.63, 3.8) is 0 Å². The Kier molecular flexibility index (Phi) is 5.85. The molecule has 0 aromatic heterocycles. The van der Waals surface area contributed by atoms with Gasteiger partial charge in [-0.1, -0.05) is 12.1 Å². The van der Waals surface area contributed by atoms with E-state index in [1.54, 1.807) is 36.3 Å². The Balaban J connectivity index is 1.43. The third-order valence-corrected chi connectivity index (χ3v) is 5.44. The highest BCUT2D eigenvalue weighted by Crippen LogP contribution is 2.33. The summed E-state index contributed by atoms with van der Waals surface area (Å²) < 4.78 is 25.2. The molecule has 8 heteroatoms. The molecule has 2 aliphatic heterocycles. The molecule has 0 spiro atoms. The van der Waals surface area contributed by atoms with Crippen LogP contribution in [0, 0.1) is 11.7 Å². The van der Waals surface area contributed by atoms with Crippen molar-refractivity contribution in [1.82, 2.24) is 0 Å². The molecule has 2 aromatic carbocycles. The largest absolute Gasteiger partial charge is 0.495 e. The molecule has 2 heterocycles. The molecule has 2 amide bonds. The zero-order valence-electron chi connectivity index (χ0n) is 16.8. The molecule has 2 aliphatic rings. The maximum atomic E-state index is 14.6. The number of hydrogen-bond donors (Lipinski definition) is 1. The molecule has 0 radical (unpaired) electrons. The topological polar surface area (TPSA) is 71.1 Å². The zero-order chi connectivity index (χ0) is 21.1. The van der Waals surface area contributed by atoms with Gasteiger partial charge in [-0.05, 0) is 30.3 Å². The standard InChI is InChI=1S/C22H24FN3O4/c1-29-20-5-3-2-4-19(20)26-14-15(12-21(26)27)22(28)24-16-6-7-18(17(23)13-16)25-8-10-30-11-9-25/h2-7,13,15H,8-12,14H2,1H3,(H,24,28). The van der Waals surface area contributed by atoms with Crippen molar-refractivity contribution in [3.8, 4) is 5.75 Å². The van der Waals surface area contributed by atoms with Gasteiger partial charge in [0.1, 0.15) is 11.6 Å². The van der Waals surface area contributed by atoms with Crippen molar-refractivity contribution in [2.24, 2.45) is 5.92 Å². The van der Waals surface area contributed by atoms with Crippen LogP contribution in [0.3, 0.4) is 0 Å². The normalized spacial score (nSPS) is 19.1. The number of para-hydroxylation sites is 2. The molecule has 2 fully saturated rings. The lowest BCUT2D eigenvalue weighted by Gasteiger charge is -2.29. The molecule has 1 unspecified atom stereocenters. The van der Waals surface area contributed by atoms with Gasteiger partial charge in [-0.3, -0.25) is 9.59 Å². The quantitative estimate of drug-likeness (QED) is 0.816. The molecule has 1 N–H and O–H groups in total. The molecule has 0 saturated carbocycles. The van der Waals surface area contributed by atoms with Gasteiger partial charge in [0.15, 0.2) is 0 Å². The summed E-state index contributed by atoms with van der Waals surface area (Å²) >= 11 is 0. The Morgan fingerprint density at radius 1 is 1.17 bits per heavy atom. The van der Waals surface area contributed by atoms with E-state index in [1.165, 1.54) is 6.07 Å². The molecule has 0 aliphatic carbocycles. The molecule has 1 atom stereocenters. The first kappa shape index (κ1) is 20.2. The molecule has 30 heavy (non-hydrogen) atoms. The van der Waals surface area contributed by atoms with Gasteiger partial charge >= 0.3 is 0 Å². The number of amides is 2. The van der Waals surface area contributed by atoms with Crippen LogP contribution in [0.5, 0.6) is 5.75 Å². The molecule has 0 bridgehead atoms. The van der Waals surface area contributed by atoms with Crippen LogP contribution < -0.4 is 19.9 Å². The van der Waals surface area contributed by atoms with E-state index >= 15 is 0 Å². The average Bonchev–Trinajstić information content (AvgIpc) is 3.16. The van der Waals surface area contributed by atoms with Gasteiger partial charge in [-0.15, -0.1) is 0 Å². The predicted octanol–water partition coefficient (Wildman–Crippen LogP) is 2.66. The van der Waals surface area contributed by atoms with Crippen LogP contribution in [0.4, 0.5) is 21.5 Å². The number of rotatable bonds is 5. The first-order chi connectivity index (χ1) is 14.6. The van der Waals surface area contributed by atoms with Crippen molar-refractivity contribution in [3.05, 3.63) is 48.3 Å². The number of carbonyl (C=O) groups is 2. The Bertz CT molecular complexity index is 946. The fourth-order valence-electron chi connectivity index (χ4n) is 3.86. The number of anilines is 3. The monoisotopic (exact) mass is 413 g/mol. The van der Waals surface area contributed by atoms with Crippen LogP contribution in [0.15, 0.2) is 42.5 Å². The number of hydrogen-bond acceptors (Lipinski definition) is 5. The summed E-state index contributed by atoms with van der Waals surface area (Å²) in [6.07, 6.45) is 0.0955. The minimum Gasteiger partial charge on any atom is -0.495 e. The van der Waals surface area contributed by atoms with Crippen LogP contribution in [-0.2, 0) is 14.3 Å². The van der Waals surface area contributed by atoms with Crippen molar-refractivity contribution >= 4 is 28.9 Å². The Labute approximate surface area is 174 Å². The minimum absolute atomic E-state index is 0.0955. The van der Waals surface area contributed by atoms with Gasteiger partial charge in [0.2, 0.25) is 11.8 Å². The van der Waals surface area contributed by atoms with E-state index in [4.69, 9.17) is 9.47 Å². The van der Waals surface area contributed by atoms with Gasteiger partial charge < -0.3 is 24.6 Å². The summed E-state index contributed by atoms with van der Waals surface area (Å²) in [6, 6.07) is 11.9. The second-order valence-electron chi connectivity index (χ2n) is 7.33. The number of nitrogens with zero attached hydrogens (tertiary/aromatic N) is 2. The lowest BCUT2D eigenvalue weighted by molar-refractivity contribution is -0.122. The number of benzene rings is 2. The van der Waals surface area contributed by atoms with Crippen molar-refractivity contribution < 1.29 is 23.5 Å². The zero-order valence-corrected chi connectivity index (χ0v) is 16.8. The van der Waals surface area contributed by atoms with Crippen LogP contribution in [0.25, 0.3) is 0 Å². The van der Waals surface area contributed by atoms with Crippen molar-refractivity contribution in [2.45, 2.75) is 6.42 Å². The van der Waals surface area contributed by atoms with Crippen LogP contribution >= 0.6 is 0 Å². The smallest absolute Gasteiger partial charge is 0.229 e. The first-order valence-corrected chi connectivity index (χ1v) is 9.93. The van der Waals surface area contributed by atoms with Crippen LogP contribution in [0.2, 0.25) is 0 Å². The average molecular weight is 413 g/mol. The second-order valence-corrected chi connectivity index (χ2v) is 7.33. The Morgan fingerprint density at radius 3 is 2.67 bits per heavy atom. The molecule has 2 aromatic rings. The maximum absolute atomic E-state index is 14.6. The second kappa shape index (κ2) is 8.71. The van der Waals surface area contributed by atoms with Crippen molar-refractivity contribution in [1.29, 1.82) is 0 Å². The highest BCUT2D eigenvalue weighted by molar-refractivity contribution is 6.04. The van der Waals surface area contributed by atoms with E-state index in [0.717, 1.165) is 0 Å². The summed E-state index contributed by atoms with van der Waals surface area (Å²) in [4.78, 5) is 28.7. The fraction of sp³-hybridized carbons (Fsp3) is 0.364. The number of carbonyl (C=O) groups excluding carboxylic acids is 2. The van der Waals surface area contributed by atoms with E-state index in [0.29, 0.717) is 49.1 Å². The highest BCUT2D eigenvalue weighted by Gasteiger charge is 2.36. The molecule has 7 nitrogen and oxygen atoms in total. The van der Waals surface area contributed by atoms with Gasteiger partial charge in [0.25, 0.3) is 0 Å². The van der Waals surface area contributed by atoms with E-state index in [1.807, 2.05) is 17.0 Å². The molecular formula is C22H24FN3O4. The summed E-state index contributed by atoms with van der Waals surface area (Å²) in [7, 11) is 1.54. The van der Waals surface area contributed by atoms with E-state index in [2.05, 4.69) is 5.32 Å². The van der Waals surface area contributed by atoms with Crippen molar-refractivity contribution in [2.75, 3.05) is 55.1 Å². The number of methoxy groups -OCH3 is 1. The number of ether oxygens (including phenoxy) is 2. The van der Waals surface area contributed by atoms with Gasteiger partial charge in [-0.2, -0.15) is 0 Å². The van der Waals surface area contributed by atoms with Gasteiger partial charge in [-0.25, -0.2) is 4.39 Å². The summed E-state index contributed by atoms with van der Waals surface area (Å²) in [5.41, 5.74) is 1.51. The number of nitrogens with one attached hydrogen (secondary N) is 1. The van der Waals surface area contributed by atoms with Gasteiger partial charge in [0, 0.05) is 31.7 Å². The molecule has 158 valence electrons. The summed E-state index contributed by atoms with van der Waals surface area (Å²) in [5.74, 6) is -0.794. The summed E-state index contributed by atoms with van der Waals surface area (Å²) in [6.45, 7) is 2.64. The lowest BCUT2D eigenvalue weighted by Crippen LogP contribution is -2.36. The Hall–Kier alpha value is -3.13. The van der Waals surface area contributed by atoms with E-state index in [9.17, 15) is 14.0 Å². The highest BCUT2D eigenvalue weighted by atomic mass is 19.1. The predicted molar refractivity (Wildman–Crippen MR) is 112 cm³/mol. The van der Waals surface area contributed by atoms with Gasteiger partial charge in [0.05, 0.1) is 37.6 Å². The number of morpholine rings is 1. The molecule has 2 saturated heterocycles. The minimum atomic E-state index is -0.524. The third-order valence-electron chi connectivity index (χ3n) is 5.44. The lowest BCUT2D eigenvalue weighted by atomic mass is 10.1.